The molecule has 0 N–H and O–H groups in total. The van der Waals surface area contributed by atoms with Crippen molar-refractivity contribution >= 4 is 12.0 Å². The standard InChI is InChI=1S/C24H22F2N2O2/c1-14-19(22-15(2)30-23(29)21(22)11-24(14,25)26)10-9-18-8-7-17(13-28-18)20-6-4-3-5-16(20)12-27/h3-10,13-15,19,21-22H,11H2,1-2H3/b10-9+/t14-,15+,19-,21?,22-/m0/s1. The lowest BCUT2D eigenvalue weighted by Crippen LogP contribution is -2.46. The molecule has 2 fully saturated rings. The topological polar surface area (TPSA) is 63.0 Å². The van der Waals surface area contributed by atoms with Crippen molar-refractivity contribution in [3.05, 3.63) is 59.9 Å². The molecule has 6 heteroatoms. The van der Waals surface area contributed by atoms with Gasteiger partial charge in [-0.05, 0) is 31.1 Å². The highest BCUT2D eigenvalue weighted by Gasteiger charge is 2.59. The molecular weight excluding hydrogens is 386 g/mol. The Balaban J connectivity index is 1.59. The van der Waals surface area contributed by atoms with Crippen LogP contribution >= 0.6 is 0 Å². The van der Waals surface area contributed by atoms with Crippen LogP contribution in [0.1, 0.15) is 31.5 Å². The van der Waals surface area contributed by atoms with E-state index < -0.39 is 36.1 Å². The first-order valence-corrected chi connectivity index (χ1v) is 10.0. The number of aromatic nitrogens is 1. The number of carbonyl (C=O) groups excluding carboxylic acids is 1. The summed E-state index contributed by atoms with van der Waals surface area (Å²) >= 11 is 0. The average Bonchev–Trinajstić information content (AvgIpc) is 3.01. The molecule has 4 rings (SSSR count). The number of nitriles is 1. The Morgan fingerprint density at radius 1 is 1.23 bits per heavy atom. The number of allylic oxidation sites excluding steroid dienone is 1. The number of pyridine rings is 1. The molecule has 2 aliphatic rings. The maximum absolute atomic E-state index is 14.5. The summed E-state index contributed by atoms with van der Waals surface area (Å²) in [6.45, 7) is 3.31. The summed E-state index contributed by atoms with van der Waals surface area (Å²) in [5.74, 6) is -5.84. The zero-order valence-electron chi connectivity index (χ0n) is 16.8. The highest BCUT2D eigenvalue weighted by Crippen LogP contribution is 2.52. The normalized spacial score (nSPS) is 30.0. The highest BCUT2D eigenvalue weighted by atomic mass is 19.3. The van der Waals surface area contributed by atoms with Crippen LogP contribution < -0.4 is 0 Å². The van der Waals surface area contributed by atoms with Crippen molar-refractivity contribution in [1.29, 1.82) is 5.26 Å². The first kappa shape index (κ1) is 20.2. The SMILES string of the molecule is C[C@H]1OC(=O)C2CC(F)(F)[C@@H](C)[C@H](/C=C/c3ccc(-c4ccccc4C#N)cn3)[C@@H]21. The van der Waals surface area contributed by atoms with Crippen LogP contribution in [0.3, 0.4) is 0 Å². The lowest BCUT2D eigenvalue weighted by atomic mass is 9.64. The zero-order valence-corrected chi connectivity index (χ0v) is 16.8. The second-order valence-corrected chi connectivity index (χ2v) is 8.15. The van der Waals surface area contributed by atoms with E-state index in [1.54, 1.807) is 43.5 Å². The van der Waals surface area contributed by atoms with Crippen molar-refractivity contribution in [2.75, 3.05) is 0 Å². The monoisotopic (exact) mass is 408 g/mol. The summed E-state index contributed by atoms with van der Waals surface area (Å²) in [5, 5.41) is 9.27. The molecule has 1 aliphatic heterocycles. The van der Waals surface area contributed by atoms with Crippen LogP contribution in [0.5, 0.6) is 0 Å². The molecule has 154 valence electrons. The molecule has 0 amide bonds. The fraction of sp³-hybridized carbons (Fsp3) is 0.375. The van der Waals surface area contributed by atoms with Gasteiger partial charge in [-0.25, -0.2) is 8.78 Å². The maximum Gasteiger partial charge on any atom is 0.309 e. The van der Waals surface area contributed by atoms with Crippen molar-refractivity contribution in [2.45, 2.75) is 32.3 Å². The van der Waals surface area contributed by atoms with Gasteiger partial charge in [0.05, 0.1) is 23.2 Å². The minimum Gasteiger partial charge on any atom is -0.462 e. The first-order chi connectivity index (χ1) is 14.3. The van der Waals surface area contributed by atoms with Crippen molar-refractivity contribution < 1.29 is 18.3 Å². The minimum atomic E-state index is -2.92. The van der Waals surface area contributed by atoms with Crippen LogP contribution in [0.25, 0.3) is 17.2 Å². The van der Waals surface area contributed by atoms with Gasteiger partial charge in [0.15, 0.2) is 0 Å². The molecule has 1 aliphatic carbocycles. The van der Waals surface area contributed by atoms with E-state index in [0.717, 1.165) is 11.1 Å². The average molecular weight is 408 g/mol. The van der Waals surface area contributed by atoms with Gasteiger partial charge < -0.3 is 4.74 Å². The van der Waals surface area contributed by atoms with E-state index in [1.807, 2.05) is 18.2 Å². The van der Waals surface area contributed by atoms with Gasteiger partial charge in [-0.15, -0.1) is 0 Å². The quantitative estimate of drug-likeness (QED) is 0.663. The van der Waals surface area contributed by atoms with Crippen molar-refractivity contribution in [3.63, 3.8) is 0 Å². The van der Waals surface area contributed by atoms with Crippen LogP contribution in [0, 0.1) is 35.0 Å². The number of halogens is 2. The van der Waals surface area contributed by atoms with Crippen LogP contribution in [-0.2, 0) is 9.53 Å². The van der Waals surface area contributed by atoms with E-state index >= 15 is 0 Å². The number of hydrogen-bond donors (Lipinski definition) is 0. The minimum absolute atomic E-state index is 0.259. The second kappa shape index (κ2) is 7.64. The summed E-state index contributed by atoms with van der Waals surface area (Å²) in [6, 6.07) is 13.1. The molecule has 1 saturated carbocycles. The molecule has 1 aromatic heterocycles. The molecule has 4 nitrogen and oxygen atoms in total. The van der Waals surface area contributed by atoms with Crippen molar-refractivity contribution in [1.82, 2.24) is 4.98 Å². The Hall–Kier alpha value is -3.07. The Bertz CT molecular complexity index is 1030. The molecule has 0 radical (unpaired) electrons. The lowest BCUT2D eigenvalue weighted by Gasteiger charge is -2.41. The molecule has 0 bridgehead atoms. The number of esters is 1. The van der Waals surface area contributed by atoms with Crippen molar-refractivity contribution in [3.8, 4) is 17.2 Å². The van der Waals surface area contributed by atoms with E-state index in [2.05, 4.69) is 11.1 Å². The number of rotatable bonds is 3. The van der Waals surface area contributed by atoms with Gasteiger partial charge >= 0.3 is 5.97 Å². The van der Waals surface area contributed by atoms with Gasteiger partial charge in [0.25, 0.3) is 5.92 Å². The smallest absolute Gasteiger partial charge is 0.309 e. The van der Waals surface area contributed by atoms with Crippen LogP contribution in [0.4, 0.5) is 8.78 Å². The summed E-state index contributed by atoms with van der Waals surface area (Å²) in [4.78, 5) is 16.5. The third-order valence-electron chi connectivity index (χ3n) is 6.43. The number of alkyl halides is 2. The van der Waals surface area contributed by atoms with Gasteiger partial charge in [-0.1, -0.05) is 37.3 Å². The summed E-state index contributed by atoms with van der Waals surface area (Å²) in [6.07, 6.45) is 4.32. The van der Waals surface area contributed by atoms with Crippen molar-refractivity contribution in [2.24, 2.45) is 23.7 Å². The fourth-order valence-corrected chi connectivity index (χ4v) is 4.73. The van der Waals surface area contributed by atoms with E-state index in [9.17, 15) is 18.8 Å². The van der Waals surface area contributed by atoms with Gasteiger partial charge in [-0.2, -0.15) is 5.26 Å². The summed E-state index contributed by atoms with van der Waals surface area (Å²) in [5.41, 5.74) is 2.79. The predicted octanol–water partition coefficient (Wildman–Crippen LogP) is 5.10. The van der Waals surface area contributed by atoms with Gasteiger partial charge in [0.1, 0.15) is 6.10 Å². The highest BCUT2D eigenvalue weighted by molar-refractivity contribution is 5.76. The van der Waals surface area contributed by atoms with E-state index in [0.29, 0.717) is 11.3 Å². The van der Waals surface area contributed by atoms with Crippen LogP contribution in [-0.4, -0.2) is 23.0 Å². The Morgan fingerprint density at radius 2 is 2.00 bits per heavy atom. The van der Waals surface area contributed by atoms with E-state index in [4.69, 9.17) is 4.74 Å². The van der Waals surface area contributed by atoms with Crippen LogP contribution in [0.15, 0.2) is 48.7 Å². The van der Waals surface area contributed by atoms with Crippen LogP contribution in [0.2, 0.25) is 0 Å². The third kappa shape index (κ3) is 3.49. The Labute approximate surface area is 174 Å². The zero-order chi connectivity index (χ0) is 21.5. The van der Waals surface area contributed by atoms with Gasteiger partial charge in [-0.3, -0.25) is 9.78 Å². The fourth-order valence-electron chi connectivity index (χ4n) is 4.73. The number of cyclic esters (lactones) is 1. The molecule has 2 aromatic rings. The van der Waals surface area contributed by atoms with E-state index in [1.165, 1.54) is 6.92 Å². The number of ether oxygens (including phenoxy) is 1. The predicted molar refractivity (Wildman–Crippen MR) is 108 cm³/mol. The Morgan fingerprint density at radius 3 is 2.70 bits per heavy atom. The molecule has 1 unspecified atom stereocenters. The number of fused-ring (bicyclic) bond motifs is 1. The summed E-state index contributed by atoms with van der Waals surface area (Å²) < 4.78 is 34.4. The lowest BCUT2D eigenvalue weighted by molar-refractivity contribution is -0.152. The third-order valence-corrected chi connectivity index (χ3v) is 6.43. The van der Waals surface area contributed by atoms with Gasteiger partial charge in [0.2, 0.25) is 0 Å². The molecule has 30 heavy (non-hydrogen) atoms. The van der Waals surface area contributed by atoms with Gasteiger partial charge in [0, 0.05) is 35.6 Å². The molecule has 0 spiro atoms. The Kier molecular flexibility index (Phi) is 5.15. The number of hydrogen-bond acceptors (Lipinski definition) is 4. The second-order valence-electron chi connectivity index (χ2n) is 8.15. The molecule has 5 atom stereocenters. The number of benzene rings is 1. The maximum atomic E-state index is 14.5. The van der Waals surface area contributed by atoms with E-state index in [-0.39, 0.29) is 12.0 Å². The number of carbonyl (C=O) groups is 1. The molecule has 1 saturated heterocycles. The molecule has 2 heterocycles. The first-order valence-electron chi connectivity index (χ1n) is 10.0. The molecule has 1 aromatic carbocycles. The molecular formula is C24H22F2N2O2. The largest absolute Gasteiger partial charge is 0.462 e. The summed E-state index contributed by atoms with van der Waals surface area (Å²) in [7, 11) is 0. The number of nitrogens with zero attached hydrogens (tertiary/aromatic N) is 2.